The van der Waals surface area contributed by atoms with Crippen LogP contribution in [-0.2, 0) is 0 Å². The van der Waals surface area contributed by atoms with Crippen molar-refractivity contribution in [3.05, 3.63) is 57.8 Å². The minimum absolute atomic E-state index is 0.0439. The molecular weight excluding hydrogens is 346 g/mol. The molecule has 2 atom stereocenters. The van der Waals surface area contributed by atoms with Crippen molar-refractivity contribution < 1.29 is 0 Å². The van der Waals surface area contributed by atoms with Crippen molar-refractivity contribution in [2.75, 3.05) is 19.6 Å². The molecule has 0 spiro atoms. The average Bonchev–Trinajstić information content (AvgIpc) is 2.66. The Kier molecular flexibility index (Phi) is 4.75. The number of nitriles is 3. The van der Waals surface area contributed by atoms with Gasteiger partial charge in [0.25, 0.3) is 0 Å². The van der Waals surface area contributed by atoms with Gasteiger partial charge in [-0.1, -0.05) is 36.7 Å². The second kappa shape index (κ2) is 6.85. The first-order valence-corrected chi connectivity index (χ1v) is 8.81. The van der Waals surface area contributed by atoms with Crippen LogP contribution in [0.5, 0.6) is 0 Å². The molecule has 0 fully saturated rings. The van der Waals surface area contributed by atoms with Crippen molar-refractivity contribution in [2.45, 2.75) is 12.8 Å². The first-order valence-electron chi connectivity index (χ1n) is 8.43. The summed E-state index contributed by atoms with van der Waals surface area (Å²) in [4.78, 5) is 2.22. The maximum atomic E-state index is 9.98. The lowest BCUT2D eigenvalue weighted by Crippen LogP contribution is -2.48. The summed E-state index contributed by atoms with van der Waals surface area (Å²) in [5, 5.41) is 30.2. The molecule has 0 radical (unpaired) electrons. The van der Waals surface area contributed by atoms with Gasteiger partial charge in [0.05, 0.1) is 23.4 Å². The zero-order chi connectivity index (χ0) is 18.9. The van der Waals surface area contributed by atoms with E-state index in [9.17, 15) is 15.8 Å². The minimum Gasteiger partial charge on any atom is -0.399 e. The summed E-state index contributed by atoms with van der Waals surface area (Å²) in [7, 11) is 0. The van der Waals surface area contributed by atoms with E-state index in [1.165, 1.54) is 0 Å². The standard InChI is InChI=1S/C20H18ClN5/c1-2-26-7-6-15-16(9-22)19(25)20(11-23,12-24)18(17(15)10-26)13-4-3-5-14(21)8-13/h3-6,8,17-18H,2,7,10,25H2,1H3. The van der Waals surface area contributed by atoms with Crippen molar-refractivity contribution in [3.8, 4) is 18.2 Å². The van der Waals surface area contributed by atoms with Crippen LogP contribution in [0.15, 0.2) is 47.2 Å². The van der Waals surface area contributed by atoms with Gasteiger partial charge in [-0.3, -0.25) is 4.90 Å². The highest BCUT2D eigenvalue weighted by Crippen LogP contribution is 2.54. The molecule has 1 aromatic carbocycles. The van der Waals surface area contributed by atoms with Crippen LogP contribution in [0, 0.1) is 45.3 Å². The number of nitrogens with zero attached hydrogens (tertiary/aromatic N) is 4. The lowest BCUT2D eigenvalue weighted by molar-refractivity contribution is 0.214. The molecule has 0 aromatic heterocycles. The van der Waals surface area contributed by atoms with Crippen molar-refractivity contribution in [2.24, 2.45) is 17.1 Å². The summed E-state index contributed by atoms with van der Waals surface area (Å²) in [6.07, 6.45) is 2.00. The van der Waals surface area contributed by atoms with Gasteiger partial charge >= 0.3 is 0 Å². The molecule has 1 heterocycles. The monoisotopic (exact) mass is 363 g/mol. The Hall–Kier alpha value is -2.78. The molecule has 6 heteroatoms. The quantitative estimate of drug-likeness (QED) is 0.870. The van der Waals surface area contributed by atoms with E-state index >= 15 is 0 Å². The average molecular weight is 364 g/mol. The Balaban J connectivity index is 2.32. The van der Waals surface area contributed by atoms with Crippen molar-refractivity contribution >= 4 is 11.6 Å². The molecule has 5 nitrogen and oxygen atoms in total. The van der Waals surface area contributed by atoms with Crippen molar-refractivity contribution in [3.63, 3.8) is 0 Å². The largest absolute Gasteiger partial charge is 0.399 e. The number of hydrogen-bond donors (Lipinski definition) is 1. The second-order valence-corrected chi connectivity index (χ2v) is 7.02. The third-order valence-electron chi connectivity index (χ3n) is 5.40. The van der Waals surface area contributed by atoms with Gasteiger partial charge in [-0.15, -0.1) is 0 Å². The Labute approximate surface area is 158 Å². The lowest BCUT2D eigenvalue weighted by Gasteiger charge is -2.45. The molecule has 2 N–H and O–H groups in total. The van der Waals surface area contributed by atoms with E-state index in [4.69, 9.17) is 17.3 Å². The van der Waals surface area contributed by atoms with Crippen LogP contribution in [-0.4, -0.2) is 24.5 Å². The van der Waals surface area contributed by atoms with Gasteiger partial charge in [-0.25, -0.2) is 0 Å². The molecule has 1 aliphatic heterocycles. The van der Waals surface area contributed by atoms with Crippen LogP contribution in [0.1, 0.15) is 18.4 Å². The van der Waals surface area contributed by atoms with Crippen LogP contribution in [0.2, 0.25) is 5.02 Å². The Morgan fingerprint density at radius 3 is 2.62 bits per heavy atom. The normalized spacial score (nSPS) is 24.7. The van der Waals surface area contributed by atoms with E-state index in [-0.39, 0.29) is 17.2 Å². The highest BCUT2D eigenvalue weighted by atomic mass is 35.5. The highest BCUT2D eigenvalue weighted by Gasteiger charge is 2.54. The molecule has 26 heavy (non-hydrogen) atoms. The van der Waals surface area contributed by atoms with Crippen LogP contribution >= 0.6 is 11.6 Å². The number of fused-ring (bicyclic) bond motifs is 1. The number of allylic oxidation sites excluding steroid dienone is 2. The van der Waals surface area contributed by atoms with Crippen LogP contribution < -0.4 is 5.73 Å². The van der Waals surface area contributed by atoms with Crippen LogP contribution in [0.25, 0.3) is 0 Å². The molecular formula is C20H18ClN5. The van der Waals surface area contributed by atoms with Crippen LogP contribution in [0.4, 0.5) is 0 Å². The second-order valence-electron chi connectivity index (χ2n) is 6.58. The third-order valence-corrected chi connectivity index (χ3v) is 5.63. The molecule has 0 amide bonds. The molecule has 2 aliphatic rings. The van der Waals surface area contributed by atoms with Crippen molar-refractivity contribution in [1.29, 1.82) is 15.8 Å². The molecule has 0 saturated heterocycles. The first kappa shape index (κ1) is 18.0. The topological polar surface area (TPSA) is 101 Å². The molecule has 0 saturated carbocycles. The molecule has 130 valence electrons. The van der Waals surface area contributed by atoms with E-state index in [1.807, 2.05) is 12.1 Å². The predicted molar refractivity (Wildman–Crippen MR) is 98.4 cm³/mol. The number of hydrogen-bond acceptors (Lipinski definition) is 5. The minimum atomic E-state index is -1.60. The van der Waals surface area contributed by atoms with Crippen molar-refractivity contribution in [1.82, 2.24) is 4.90 Å². The first-order chi connectivity index (χ1) is 12.5. The molecule has 1 aliphatic carbocycles. The van der Waals surface area contributed by atoms with E-state index in [0.717, 1.165) is 24.2 Å². The maximum Gasteiger partial charge on any atom is 0.191 e. The number of nitrogens with two attached hydrogens (primary N) is 1. The van der Waals surface area contributed by atoms with Crippen LogP contribution in [0.3, 0.4) is 0 Å². The van der Waals surface area contributed by atoms with Gasteiger partial charge in [0.2, 0.25) is 0 Å². The molecule has 2 unspecified atom stereocenters. The lowest BCUT2D eigenvalue weighted by atomic mass is 9.58. The molecule has 3 rings (SSSR count). The third kappa shape index (κ3) is 2.56. The summed E-state index contributed by atoms with van der Waals surface area (Å²) >= 11 is 6.18. The Morgan fingerprint density at radius 1 is 1.31 bits per heavy atom. The number of halogens is 1. The molecule has 1 aromatic rings. The van der Waals surface area contributed by atoms with Gasteiger partial charge in [-0.2, -0.15) is 15.8 Å². The van der Waals surface area contributed by atoms with E-state index in [0.29, 0.717) is 11.6 Å². The van der Waals surface area contributed by atoms with E-state index in [2.05, 4.69) is 30.0 Å². The maximum absolute atomic E-state index is 9.98. The summed E-state index contributed by atoms with van der Waals surface area (Å²) in [5.41, 5.74) is 6.59. The Morgan fingerprint density at radius 2 is 2.04 bits per heavy atom. The summed E-state index contributed by atoms with van der Waals surface area (Å²) < 4.78 is 0. The zero-order valence-electron chi connectivity index (χ0n) is 14.4. The summed E-state index contributed by atoms with van der Waals surface area (Å²) in [5.74, 6) is -0.669. The van der Waals surface area contributed by atoms with Gasteiger partial charge in [0.1, 0.15) is 6.07 Å². The summed E-state index contributed by atoms with van der Waals surface area (Å²) in [6.45, 7) is 4.28. The van der Waals surface area contributed by atoms with Gasteiger partial charge in [0, 0.05) is 29.9 Å². The van der Waals surface area contributed by atoms with Gasteiger partial charge in [0.15, 0.2) is 5.41 Å². The number of benzene rings is 1. The SMILES string of the molecule is CCN1CC=C2C(C#N)=C(N)C(C#N)(C#N)C(c3cccc(Cl)c3)C2C1. The van der Waals surface area contributed by atoms with Gasteiger partial charge < -0.3 is 5.73 Å². The number of rotatable bonds is 2. The fourth-order valence-corrected chi connectivity index (χ4v) is 4.27. The summed E-state index contributed by atoms with van der Waals surface area (Å²) in [6, 6.07) is 13.6. The number of likely N-dealkylation sites (N-methyl/N-ethyl adjacent to an activating group) is 1. The van der Waals surface area contributed by atoms with E-state index < -0.39 is 11.3 Å². The zero-order valence-corrected chi connectivity index (χ0v) is 15.2. The fraction of sp³-hybridized carbons (Fsp3) is 0.350. The Bertz CT molecular complexity index is 911. The van der Waals surface area contributed by atoms with E-state index in [1.54, 1.807) is 18.2 Å². The highest BCUT2D eigenvalue weighted by molar-refractivity contribution is 6.30. The fourth-order valence-electron chi connectivity index (χ4n) is 4.07. The smallest absolute Gasteiger partial charge is 0.191 e. The molecule has 0 bridgehead atoms. The van der Waals surface area contributed by atoms with Gasteiger partial charge in [-0.05, 0) is 29.8 Å². The predicted octanol–water partition coefficient (Wildman–Crippen LogP) is 3.09.